The lowest BCUT2D eigenvalue weighted by molar-refractivity contribution is -0.141. The molecular formula is C13H13N3O4. The number of rotatable bonds is 2. The molecule has 1 aromatic rings. The normalized spacial score (nSPS) is 21.6. The second-order valence-corrected chi connectivity index (χ2v) is 4.64. The minimum absolute atomic E-state index is 0.0103. The highest BCUT2D eigenvalue weighted by molar-refractivity contribution is 5.95. The molecule has 0 unspecified atom stereocenters. The molecule has 2 atom stereocenters. The molecule has 1 aliphatic heterocycles. The van der Waals surface area contributed by atoms with E-state index in [1.165, 1.54) is 12.1 Å². The van der Waals surface area contributed by atoms with Crippen molar-refractivity contribution in [2.45, 2.75) is 25.5 Å². The quantitative estimate of drug-likeness (QED) is 0.780. The molecule has 104 valence electrons. The average Bonchev–Trinajstić information content (AvgIpc) is 2.80. The van der Waals surface area contributed by atoms with Gasteiger partial charge in [-0.15, -0.1) is 0 Å². The zero-order valence-corrected chi connectivity index (χ0v) is 10.8. The average molecular weight is 275 g/mol. The molecule has 0 aliphatic carbocycles. The molecule has 2 N–H and O–H groups in total. The van der Waals surface area contributed by atoms with E-state index in [1.807, 2.05) is 6.07 Å². The van der Waals surface area contributed by atoms with Gasteiger partial charge in [-0.3, -0.25) is 4.79 Å². The first-order valence-electron chi connectivity index (χ1n) is 6.03. The fourth-order valence-electron chi connectivity index (χ4n) is 2.22. The van der Waals surface area contributed by atoms with Crippen LogP contribution in [0.5, 0.6) is 0 Å². The van der Waals surface area contributed by atoms with Crippen LogP contribution in [0.1, 0.15) is 28.2 Å². The molecule has 2 heterocycles. The largest absolute Gasteiger partial charge is 0.480 e. The molecule has 7 nitrogen and oxygen atoms in total. The Morgan fingerprint density at radius 2 is 2.20 bits per heavy atom. The molecule has 1 fully saturated rings. The second kappa shape index (κ2) is 5.27. The number of hydrogen-bond donors (Lipinski definition) is 2. The highest BCUT2D eigenvalue weighted by Gasteiger charge is 2.39. The van der Waals surface area contributed by atoms with Crippen LogP contribution in [0.2, 0.25) is 0 Å². The fraction of sp³-hybridized carbons (Fsp3) is 0.385. The van der Waals surface area contributed by atoms with E-state index in [4.69, 9.17) is 10.4 Å². The Balaban J connectivity index is 2.29. The Hall–Kier alpha value is -2.46. The third-order valence-corrected chi connectivity index (χ3v) is 3.25. The highest BCUT2D eigenvalue weighted by Crippen LogP contribution is 2.20. The lowest BCUT2D eigenvalue weighted by atomic mass is 10.2. The van der Waals surface area contributed by atoms with Gasteiger partial charge in [0, 0.05) is 13.0 Å². The van der Waals surface area contributed by atoms with Crippen molar-refractivity contribution in [2.24, 2.45) is 0 Å². The summed E-state index contributed by atoms with van der Waals surface area (Å²) in [5.74, 6) is -1.71. The Morgan fingerprint density at radius 1 is 1.50 bits per heavy atom. The first-order chi connectivity index (χ1) is 9.43. The summed E-state index contributed by atoms with van der Waals surface area (Å²) in [7, 11) is 0. The predicted octanol–water partition coefficient (Wildman–Crippen LogP) is -0.0783. The topological polar surface area (TPSA) is 115 Å². The number of carbonyl (C=O) groups excluding carboxylic acids is 1. The van der Waals surface area contributed by atoms with Gasteiger partial charge in [-0.05, 0) is 19.1 Å². The lowest BCUT2D eigenvalue weighted by Gasteiger charge is -2.20. The number of aryl methyl sites for hydroxylation is 1. The van der Waals surface area contributed by atoms with Crippen molar-refractivity contribution in [2.75, 3.05) is 6.54 Å². The lowest BCUT2D eigenvalue weighted by Crippen LogP contribution is -2.41. The first-order valence-corrected chi connectivity index (χ1v) is 6.03. The molecule has 2 rings (SSSR count). The number of aromatic nitrogens is 1. The number of aliphatic carboxylic acids is 1. The number of carbonyl (C=O) groups is 2. The summed E-state index contributed by atoms with van der Waals surface area (Å²) in [5.41, 5.74) is 0.838. The van der Waals surface area contributed by atoms with Crippen LogP contribution in [0.15, 0.2) is 12.1 Å². The van der Waals surface area contributed by atoms with Crippen molar-refractivity contribution < 1.29 is 19.8 Å². The summed E-state index contributed by atoms with van der Waals surface area (Å²) in [5, 5.41) is 27.4. The number of aliphatic hydroxyl groups excluding tert-OH is 1. The minimum Gasteiger partial charge on any atom is -0.480 e. The van der Waals surface area contributed by atoms with Crippen LogP contribution in [0.4, 0.5) is 0 Å². The van der Waals surface area contributed by atoms with Crippen LogP contribution >= 0.6 is 0 Å². The smallest absolute Gasteiger partial charge is 0.326 e. The molecule has 7 heteroatoms. The van der Waals surface area contributed by atoms with Crippen LogP contribution in [-0.2, 0) is 4.79 Å². The molecular weight excluding hydrogens is 262 g/mol. The molecule has 0 aromatic carbocycles. The van der Waals surface area contributed by atoms with Gasteiger partial charge in [0.2, 0.25) is 0 Å². The van der Waals surface area contributed by atoms with Crippen LogP contribution < -0.4 is 0 Å². The summed E-state index contributed by atoms with van der Waals surface area (Å²) >= 11 is 0. The van der Waals surface area contributed by atoms with Gasteiger partial charge in [0.1, 0.15) is 17.8 Å². The fourth-order valence-corrected chi connectivity index (χ4v) is 2.22. The maximum absolute atomic E-state index is 12.3. The molecule has 0 spiro atoms. The van der Waals surface area contributed by atoms with Gasteiger partial charge in [0.05, 0.1) is 17.4 Å². The summed E-state index contributed by atoms with van der Waals surface area (Å²) in [6, 6.07) is 3.75. The second-order valence-electron chi connectivity index (χ2n) is 4.64. The van der Waals surface area contributed by atoms with Crippen molar-refractivity contribution in [1.29, 1.82) is 5.26 Å². The number of aliphatic hydroxyl groups is 1. The summed E-state index contributed by atoms with van der Waals surface area (Å²) in [6.45, 7) is 1.57. The number of hydrogen-bond acceptors (Lipinski definition) is 5. The number of amides is 1. The van der Waals surface area contributed by atoms with Crippen LogP contribution in [0.3, 0.4) is 0 Å². The number of carboxylic acid groups (broad SMARTS) is 1. The van der Waals surface area contributed by atoms with Crippen molar-refractivity contribution in [3.05, 3.63) is 29.1 Å². The Kier molecular flexibility index (Phi) is 3.68. The third kappa shape index (κ3) is 2.46. The van der Waals surface area contributed by atoms with Gasteiger partial charge in [0.15, 0.2) is 0 Å². The van der Waals surface area contributed by atoms with Crippen LogP contribution in [0, 0.1) is 18.3 Å². The molecule has 1 amide bonds. The van der Waals surface area contributed by atoms with Crippen molar-refractivity contribution in [1.82, 2.24) is 9.88 Å². The van der Waals surface area contributed by atoms with E-state index in [1.54, 1.807) is 6.92 Å². The standard InChI is InChI=1S/C13H13N3O4/c1-7-8(5-14)2-3-10(15-7)12(18)16-6-9(17)4-11(16)13(19)20/h2-3,9,11,17H,4,6H2,1H3,(H,19,20)/t9-,11+/m1/s1. The molecule has 20 heavy (non-hydrogen) atoms. The van der Waals surface area contributed by atoms with Crippen LogP contribution in [-0.4, -0.2) is 50.7 Å². The number of nitrogens with zero attached hydrogens (tertiary/aromatic N) is 3. The molecule has 1 aliphatic rings. The Morgan fingerprint density at radius 3 is 2.75 bits per heavy atom. The number of β-amino-alcohol motifs (C(OH)–C–C–N with tert-alkyl or cyclic N) is 1. The number of pyridine rings is 1. The van der Waals surface area contributed by atoms with E-state index in [0.717, 1.165) is 4.90 Å². The van der Waals surface area contributed by atoms with Crippen molar-refractivity contribution in [3.63, 3.8) is 0 Å². The van der Waals surface area contributed by atoms with Gasteiger partial charge >= 0.3 is 5.97 Å². The van der Waals surface area contributed by atoms with E-state index in [9.17, 15) is 14.7 Å². The Bertz CT molecular complexity index is 608. The van der Waals surface area contributed by atoms with E-state index in [-0.39, 0.29) is 18.7 Å². The molecule has 1 saturated heterocycles. The highest BCUT2D eigenvalue weighted by atomic mass is 16.4. The van der Waals surface area contributed by atoms with E-state index in [0.29, 0.717) is 11.3 Å². The number of nitriles is 1. The maximum Gasteiger partial charge on any atom is 0.326 e. The molecule has 0 bridgehead atoms. The Labute approximate surface area is 115 Å². The van der Waals surface area contributed by atoms with E-state index >= 15 is 0 Å². The van der Waals surface area contributed by atoms with Crippen LogP contribution in [0.25, 0.3) is 0 Å². The van der Waals surface area contributed by atoms with Crippen molar-refractivity contribution in [3.8, 4) is 6.07 Å². The molecule has 1 aromatic heterocycles. The summed E-state index contributed by atoms with van der Waals surface area (Å²) < 4.78 is 0. The monoisotopic (exact) mass is 275 g/mol. The van der Waals surface area contributed by atoms with Gasteiger partial charge in [-0.1, -0.05) is 0 Å². The summed E-state index contributed by atoms with van der Waals surface area (Å²) in [6.07, 6.45) is -0.837. The third-order valence-electron chi connectivity index (χ3n) is 3.25. The van der Waals surface area contributed by atoms with Gasteiger partial charge in [-0.2, -0.15) is 5.26 Å². The number of carboxylic acids is 1. The van der Waals surface area contributed by atoms with Gasteiger partial charge in [0.25, 0.3) is 5.91 Å². The summed E-state index contributed by atoms with van der Waals surface area (Å²) in [4.78, 5) is 28.5. The van der Waals surface area contributed by atoms with E-state index < -0.39 is 24.0 Å². The van der Waals surface area contributed by atoms with Gasteiger partial charge < -0.3 is 15.1 Å². The maximum atomic E-state index is 12.3. The molecule has 0 saturated carbocycles. The zero-order valence-electron chi connectivity index (χ0n) is 10.8. The van der Waals surface area contributed by atoms with Gasteiger partial charge in [-0.25, -0.2) is 9.78 Å². The predicted molar refractivity (Wildman–Crippen MR) is 66.8 cm³/mol. The van der Waals surface area contributed by atoms with Crippen molar-refractivity contribution >= 4 is 11.9 Å². The minimum atomic E-state index is -1.15. The van der Waals surface area contributed by atoms with E-state index in [2.05, 4.69) is 4.98 Å². The molecule has 0 radical (unpaired) electrons. The number of likely N-dealkylation sites (tertiary alicyclic amines) is 1. The first kappa shape index (κ1) is 14.0. The SMILES string of the molecule is Cc1nc(C(=O)N2C[C@H](O)C[C@H]2C(=O)O)ccc1C#N. The zero-order chi connectivity index (χ0) is 14.9.